The van der Waals surface area contributed by atoms with Gasteiger partial charge in [0.2, 0.25) is 0 Å². The molecule has 2 aromatic carbocycles. The molecule has 2 aromatic rings. The fraction of sp³-hybridized carbons (Fsp3) is 0.435. The number of nitriles is 1. The molecule has 0 amide bonds. The molecule has 6 rings (SSSR count). The van der Waals surface area contributed by atoms with Crippen LogP contribution in [0.3, 0.4) is 0 Å². The molecule has 0 saturated carbocycles. The largest absolute Gasteiger partial charge is 0.298 e. The fourth-order valence-corrected chi connectivity index (χ4v) is 5.79. The normalized spacial score (nSPS) is 31.5. The summed E-state index contributed by atoms with van der Waals surface area (Å²) in [5, 5.41) is 9.46. The Kier molecular flexibility index (Phi) is 4.41. The molecule has 0 unspecified atom stereocenters. The maximum absolute atomic E-state index is 14.7. The third-order valence-electron chi connectivity index (χ3n) is 6.99. The van der Waals surface area contributed by atoms with Crippen LogP contribution in [0, 0.1) is 28.9 Å². The van der Waals surface area contributed by atoms with E-state index in [4.69, 9.17) is 0 Å². The van der Waals surface area contributed by atoms with E-state index in [2.05, 4.69) is 15.9 Å². The molecule has 28 heavy (non-hydrogen) atoms. The van der Waals surface area contributed by atoms with Crippen LogP contribution >= 0.6 is 0 Å². The molecule has 4 aliphatic rings. The van der Waals surface area contributed by atoms with Gasteiger partial charge in [-0.15, -0.1) is 0 Å². The third-order valence-corrected chi connectivity index (χ3v) is 6.99. The number of likely N-dealkylation sites (tertiary alicyclic amines) is 1. The Hall–Kier alpha value is -2.29. The second-order valence-corrected chi connectivity index (χ2v) is 8.30. The number of fused-ring (bicyclic) bond motifs is 2. The number of rotatable bonds is 3. The van der Waals surface area contributed by atoms with Gasteiger partial charge in [-0.2, -0.15) is 5.26 Å². The van der Waals surface area contributed by atoms with Gasteiger partial charge in [0.1, 0.15) is 0 Å². The molecule has 0 spiro atoms. The molecule has 4 saturated heterocycles. The van der Waals surface area contributed by atoms with Crippen molar-refractivity contribution in [2.45, 2.75) is 37.4 Å². The molecule has 3 nitrogen and oxygen atoms in total. The molecular weight excluding hydrogens is 356 g/mol. The van der Waals surface area contributed by atoms with Gasteiger partial charge in [0, 0.05) is 31.1 Å². The average Bonchev–Trinajstić information content (AvgIpc) is 3.13. The zero-order valence-corrected chi connectivity index (χ0v) is 15.7. The summed E-state index contributed by atoms with van der Waals surface area (Å²) in [6.45, 7) is 3.47. The van der Waals surface area contributed by atoms with Gasteiger partial charge in [-0.25, -0.2) is 8.78 Å². The number of halogens is 2. The molecule has 0 radical (unpaired) electrons. The van der Waals surface area contributed by atoms with Gasteiger partial charge in [-0.05, 0) is 55.1 Å². The molecular formula is C23H23F2N3. The topological polar surface area (TPSA) is 30.3 Å². The lowest BCUT2D eigenvalue weighted by Gasteiger charge is -2.51. The highest BCUT2D eigenvalue weighted by atomic mass is 19.2. The van der Waals surface area contributed by atoms with Gasteiger partial charge >= 0.3 is 0 Å². The van der Waals surface area contributed by atoms with Crippen molar-refractivity contribution < 1.29 is 8.78 Å². The first-order valence-corrected chi connectivity index (χ1v) is 10.1. The van der Waals surface area contributed by atoms with Gasteiger partial charge in [-0.3, -0.25) is 9.80 Å². The number of benzene rings is 2. The van der Waals surface area contributed by atoms with Crippen molar-refractivity contribution >= 4 is 0 Å². The van der Waals surface area contributed by atoms with Gasteiger partial charge in [0.15, 0.2) is 11.6 Å². The smallest absolute Gasteiger partial charge is 0.162 e. The summed E-state index contributed by atoms with van der Waals surface area (Å²) in [5.41, 5.74) is 2.21. The van der Waals surface area contributed by atoms with E-state index in [0.717, 1.165) is 31.5 Å². The Morgan fingerprint density at radius 2 is 1.79 bits per heavy atom. The van der Waals surface area contributed by atoms with Crippen LogP contribution in [0.25, 0.3) is 0 Å². The highest BCUT2D eigenvalue weighted by Crippen LogP contribution is 2.47. The minimum Gasteiger partial charge on any atom is -0.298 e. The molecule has 0 N–H and O–H groups in total. The second-order valence-electron chi connectivity index (χ2n) is 8.30. The molecule has 144 valence electrons. The molecule has 0 aromatic heterocycles. The predicted octanol–water partition coefficient (Wildman–Crippen LogP) is 3.90. The summed E-state index contributed by atoms with van der Waals surface area (Å²) in [4.78, 5) is 4.90. The van der Waals surface area contributed by atoms with Crippen molar-refractivity contribution in [3.8, 4) is 6.07 Å². The van der Waals surface area contributed by atoms with E-state index in [1.165, 1.54) is 6.07 Å². The maximum Gasteiger partial charge on any atom is 0.162 e. The Labute approximate surface area is 164 Å². The van der Waals surface area contributed by atoms with Crippen molar-refractivity contribution in [2.75, 3.05) is 19.6 Å². The second kappa shape index (κ2) is 6.95. The van der Waals surface area contributed by atoms with E-state index in [1.54, 1.807) is 12.1 Å². The standard InChI is InChI=1S/C23H23F2N3/c24-20-7-3-6-18(21(20)25)19-14-28(13-17-5-2-1-4-16(17)12-26)22-15-8-10-27(11-9-15)23(19)22/h1-7,15,19,22-23H,8-11,13-14H2/t19-,22+,23+/m0/s1. The first kappa shape index (κ1) is 17.8. The summed E-state index contributed by atoms with van der Waals surface area (Å²) >= 11 is 0. The van der Waals surface area contributed by atoms with Gasteiger partial charge < -0.3 is 0 Å². The van der Waals surface area contributed by atoms with Crippen molar-refractivity contribution in [3.63, 3.8) is 0 Å². The number of piperidine rings is 3. The lowest BCUT2D eigenvalue weighted by atomic mass is 9.75. The first-order valence-electron chi connectivity index (χ1n) is 10.1. The molecule has 5 heteroatoms. The minimum atomic E-state index is -0.765. The summed E-state index contributed by atoms with van der Waals surface area (Å²) in [6.07, 6.45) is 2.33. The Bertz CT molecular complexity index is 930. The van der Waals surface area contributed by atoms with Crippen LogP contribution in [0.4, 0.5) is 8.78 Å². The van der Waals surface area contributed by atoms with E-state index in [0.29, 0.717) is 36.2 Å². The van der Waals surface area contributed by atoms with Gasteiger partial charge in [0.25, 0.3) is 0 Å². The molecule has 0 aliphatic carbocycles. The molecule has 2 bridgehead atoms. The first-order chi connectivity index (χ1) is 13.7. The van der Waals surface area contributed by atoms with Gasteiger partial charge in [0.05, 0.1) is 11.6 Å². The maximum atomic E-state index is 14.7. The number of hydrogen-bond donors (Lipinski definition) is 0. The van der Waals surface area contributed by atoms with Crippen LogP contribution in [-0.2, 0) is 6.54 Å². The lowest BCUT2D eigenvalue weighted by molar-refractivity contribution is -0.00889. The number of hydrogen-bond acceptors (Lipinski definition) is 3. The van der Waals surface area contributed by atoms with E-state index in [1.807, 2.05) is 24.3 Å². The minimum absolute atomic E-state index is 0.0435. The van der Waals surface area contributed by atoms with Crippen LogP contribution in [0.2, 0.25) is 0 Å². The SMILES string of the molecule is N#Cc1ccccc1CN1C[C@@H](c2cccc(F)c2F)[C@@H]2[C@H]1C1CCN2CC1. The van der Waals surface area contributed by atoms with Crippen LogP contribution in [0.15, 0.2) is 42.5 Å². The summed E-state index contributed by atoms with van der Waals surface area (Å²) in [7, 11) is 0. The van der Waals surface area contributed by atoms with Crippen molar-refractivity contribution in [1.29, 1.82) is 5.26 Å². The predicted molar refractivity (Wildman–Crippen MR) is 103 cm³/mol. The monoisotopic (exact) mass is 379 g/mol. The number of nitrogens with zero attached hydrogens (tertiary/aromatic N) is 3. The van der Waals surface area contributed by atoms with Crippen molar-refractivity contribution in [1.82, 2.24) is 9.80 Å². The van der Waals surface area contributed by atoms with E-state index >= 15 is 0 Å². The Morgan fingerprint density at radius 1 is 1.00 bits per heavy atom. The molecule has 4 fully saturated rings. The van der Waals surface area contributed by atoms with E-state index < -0.39 is 11.6 Å². The quantitative estimate of drug-likeness (QED) is 0.810. The molecule has 3 atom stereocenters. The molecule has 4 aliphatic heterocycles. The fourth-order valence-electron chi connectivity index (χ4n) is 5.79. The van der Waals surface area contributed by atoms with Crippen LogP contribution in [-0.4, -0.2) is 41.5 Å². The highest BCUT2D eigenvalue weighted by molar-refractivity contribution is 5.38. The zero-order chi connectivity index (χ0) is 19.3. The van der Waals surface area contributed by atoms with Crippen LogP contribution in [0.1, 0.15) is 35.4 Å². The summed E-state index contributed by atoms with van der Waals surface area (Å²) in [5.74, 6) is -0.921. The summed E-state index contributed by atoms with van der Waals surface area (Å²) in [6, 6.07) is 15.1. The van der Waals surface area contributed by atoms with Crippen LogP contribution < -0.4 is 0 Å². The Morgan fingerprint density at radius 3 is 2.57 bits per heavy atom. The van der Waals surface area contributed by atoms with E-state index in [-0.39, 0.29) is 12.0 Å². The van der Waals surface area contributed by atoms with Gasteiger partial charge in [-0.1, -0.05) is 30.3 Å². The van der Waals surface area contributed by atoms with E-state index in [9.17, 15) is 14.0 Å². The molecule has 4 heterocycles. The third kappa shape index (κ3) is 2.75. The lowest BCUT2D eigenvalue weighted by Crippen LogP contribution is -2.60. The van der Waals surface area contributed by atoms with Crippen molar-refractivity contribution in [3.05, 3.63) is 70.8 Å². The zero-order valence-electron chi connectivity index (χ0n) is 15.7. The highest BCUT2D eigenvalue weighted by Gasteiger charge is 2.53. The summed E-state index contributed by atoms with van der Waals surface area (Å²) < 4.78 is 28.6. The van der Waals surface area contributed by atoms with Crippen molar-refractivity contribution in [2.24, 2.45) is 5.92 Å². The average molecular weight is 379 g/mol. The Balaban J connectivity index is 1.52. The van der Waals surface area contributed by atoms with Crippen LogP contribution in [0.5, 0.6) is 0 Å².